The van der Waals surface area contributed by atoms with E-state index in [2.05, 4.69) is 21.6 Å². The second-order valence-electron chi connectivity index (χ2n) is 4.19. The number of aromatic nitrogens is 4. The predicted molar refractivity (Wildman–Crippen MR) is 67.4 cm³/mol. The van der Waals surface area contributed by atoms with E-state index in [0.717, 1.165) is 22.7 Å². The summed E-state index contributed by atoms with van der Waals surface area (Å²) in [4.78, 5) is 0. The van der Waals surface area contributed by atoms with Gasteiger partial charge in [0.25, 0.3) is 0 Å². The van der Waals surface area contributed by atoms with E-state index in [4.69, 9.17) is 10.5 Å². The summed E-state index contributed by atoms with van der Waals surface area (Å²) in [5, 5.41) is 11.5. The van der Waals surface area contributed by atoms with Gasteiger partial charge in [-0.15, -0.1) is 5.10 Å². The number of nitrogens with zero attached hydrogens (tertiary/aromatic N) is 4. The zero-order chi connectivity index (χ0) is 13.1. The first-order valence-corrected chi connectivity index (χ1v) is 5.74. The molecule has 1 heterocycles. The molecule has 1 aromatic carbocycles. The molecule has 0 aliphatic heterocycles. The lowest BCUT2D eigenvalue weighted by molar-refractivity contribution is 0.406. The number of rotatable bonds is 4. The minimum atomic E-state index is -0.0696. The Balaban J connectivity index is 2.51. The maximum absolute atomic E-state index is 5.87. The Bertz CT molecular complexity index is 537. The highest BCUT2D eigenvalue weighted by Gasteiger charge is 2.22. The molecule has 18 heavy (non-hydrogen) atoms. The van der Waals surface area contributed by atoms with Crippen molar-refractivity contribution in [3.8, 4) is 5.75 Å². The molecular formula is C12H17N5O. The van der Waals surface area contributed by atoms with Crippen molar-refractivity contribution in [2.24, 2.45) is 12.8 Å². The first-order valence-electron chi connectivity index (χ1n) is 5.74. The number of nitrogens with two attached hydrogens (primary N) is 1. The molecule has 2 N–H and O–H groups in total. The fraction of sp³-hybridized carbons (Fsp3) is 0.417. The molecule has 0 spiro atoms. The number of tetrazole rings is 1. The van der Waals surface area contributed by atoms with Crippen LogP contribution in [0.25, 0.3) is 0 Å². The lowest BCUT2D eigenvalue weighted by Gasteiger charge is -2.17. The molecule has 0 aliphatic carbocycles. The predicted octanol–water partition coefficient (Wildman–Crippen LogP) is 0.618. The highest BCUT2D eigenvalue weighted by atomic mass is 16.5. The molecule has 96 valence electrons. The summed E-state index contributed by atoms with van der Waals surface area (Å²) in [5.74, 6) is 1.47. The second-order valence-corrected chi connectivity index (χ2v) is 4.19. The number of aryl methyl sites for hydroxylation is 2. The number of methoxy groups -OCH3 is 1. The fourth-order valence-corrected chi connectivity index (χ4v) is 2.03. The van der Waals surface area contributed by atoms with Crippen molar-refractivity contribution < 1.29 is 4.74 Å². The van der Waals surface area contributed by atoms with Crippen LogP contribution in [0.5, 0.6) is 5.75 Å². The summed E-state index contributed by atoms with van der Waals surface area (Å²) in [6, 6.07) is 6.01. The average molecular weight is 247 g/mol. The van der Waals surface area contributed by atoms with Gasteiger partial charge in [0.1, 0.15) is 5.75 Å². The summed E-state index contributed by atoms with van der Waals surface area (Å²) in [5.41, 5.74) is 8.04. The van der Waals surface area contributed by atoms with E-state index in [1.165, 1.54) is 0 Å². The third-order valence-electron chi connectivity index (χ3n) is 2.96. The van der Waals surface area contributed by atoms with E-state index in [1.807, 2.05) is 19.1 Å². The summed E-state index contributed by atoms with van der Waals surface area (Å²) in [6.45, 7) is 2.46. The van der Waals surface area contributed by atoms with Gasteiger partial charge in [-0.25, -0.2) is 4.68 Å². The van der Waals surface area contributed by atoms with Crippen molar-refractivity contribution in [1.82, 2.24) is 20.2 Å². The van der Waals surface area contributed by atoms with Gasteiger partial charge in [0, 0.05) is 19.2 Å². The van der Waals surface area contributed by atoms with Crippen LogP contribution in [0.4, 0.5) is 0 Å². The Morgan fingerprint density at radius 1 is 1.44 bits per heavy atom. The molecule has 0 saturated heterocycles. The zero-order valence-corrected chi connectivity index (χ0v) is 10.8. The van der Waals surface area contributed by atoms with Gasteiger partial charge >= 0.3 is 0 Å². The lowest BCUT2D eigenvalue weighted by Crippen LogP contribution is -2.19. The maximum atomic E-state index is 5.87. The normalized spacial score (nSPS) is 12.4. The Morgan fingerprint density at radius 3 is 2.78 bits per heavy atom. The van der Waals surface area contributed by atoms with Crippen molar-refractivity contribution in [2.75, 3.05) is 13.7 Å². The maximum Gasteiger partial charge on any atom is 0.159 e. The van der Waals surface area contributed by atoms with Crippen molar-refractivity contribution in [3.05, 3.63) is 35.2 Å². The van der Waals surface area contributed by atoms with Crippen LogP contribution in [0.1, 0.15) is 22.9 Å². The molecule has 0 fully saturated rings. The van der Waals surface area contributed by atoms with Crippen molar-refractivity contribution in [3.63, 3.8) is 0 Å². The number of ether oxygens (including phenoxy) is 1. The van der Waals surface area contributed by atoms with Crippen LogP contribution in [-0.2, 0) is 7.05 Å². The fourth-order valence-electron chi connectivity index (χ4n) is 2.03. The van der Waals surface area contributed by atoms with Crippen LogP contribution in [0, 0.1) is 6.92 Å². The van der Waals surface area contributed by atoms with Crippen molar-refractivity contribution in [2.45, 2.75) is 12.8 Å². The van der Waals surface area contributed by atoms with E-state index in [-0.39, 0.29) is 5.92 Å². The molecule has 0 amide bonds. The van der Waals surface area contributed by atoms with Gasteiger partial charge in [-0.05, 0) is 23.4 Å². The second kappa shape index (κ2) is 5.14. The highest BCUT2D eigenvalue weighted by Crippen LogP contribution is 2.30. The first kappa shape index (κ1) is 12.5. The number of benzene rings is 1. The van der Waals surface area contributed by atoms with Gasteiger partial charge < -0.3 is 10.5 Å². The molecule has 1 aromatic heterocycles. The molecule has 2 aromatic rings. The quantitative estimate of drug-likeness (QED) is 0.856. The van der Waals surface area contributed by atoms with Crippen LogP contribution in [0.15, 0.2) is 18.2 Å². The molecule has 0 bridgehead atoms. The first-order chi connectivity index (χ1) is 8.67. The summed E-state index contributed by atoms with van der Waals surface area (Å²) in [6.07, 6.45) is 0. The van der Waals surface area contributed by atoms with Crippen LogP contribution < -0.4 is 10.5 Å². The largest absolute Gasteiger partial charge is 0.496 e. The van der Waals surface area contributed by atoms with Gasteiger partial charge in [-0.2, -0.15) is 0 Å². The molecule has 2 rings (SSSR count). The summed E-state index contributed by atoms with van der Waals surface area (Å²) < 4.78 is 7.03. The molecule has 0 saturated carbocycles. The number of hydrogen-bond donors (Lipinski definition) is 1. The van der Waals surface area contributed by atoms with Gasteiger partial charge in [0.15, 0.2) is 5.82 Å². The standard InChI is InChI=1S/C12H17N5O/c1-8-4-5-11(18-3)9(6-8)10(7-13)12-14-15-16-17(12)2/h4-6,10H,7,13H2,1-3H3. The molecule has 0 aliphatic rings. The van der Waals surface area contributed by atoms with Crippen LogP contribution in [0.3, 0.4) is 0 Å². The monoisotopic (exact) mass is 247 g/mol. The summed E-state index contributed by atoms with van der Waals surface area (Å²) in [7, 11) is 3.46. The van der Waals surface area contributed by atoms with E-state index in [9.17, 15) is 0 Å². The van der Waals surface area contributed by atoms with Gasteiger partial charge in [-0.3, -0.25) is 0 Å². The zero-order valence-electron chi connectivity index (χ0n) is 10.8. The van der Waals surface area contributed by atoms with Gasteiger partial charge in [0.05, 0.1) is 13.0 Å². The molecule has 6 nitrogen and oxygen atoms in total. The van der Waals surface area contributed by atoms with E-state index in [1.54, 1.807) is 18.8 Å². The SMILES string of the molecule is COc1ccc(C)cc1C(CN)c1nnnn1C. The van der Waals surface area contributed by atoms with Crippen molar-refractivity contribution in [1.29, 1.82) is 0 Å². The van der Waals surface area contributed by atoms with Crippen LogP contribution in [-0.4, -0.2) is 33.9 Å². The van der Waals surface area contributed by atoms with E-state index in [0.29, 0.717) is 6.54 Å². The van der Waals surface area contributed by atoms with E-state index >= 15 is 0 Å². The molecular weight excluding hydrogens is 230 g/mol. The van der Waals surface area contributed by atoms with Gasteiger partial charge in [-0.1, -0.05) is 17.7 Å². The summed E-state index contributed by atoms with van der Waals surface area (Å²) >= 11 is 0. The minimum Gasteiger partial charge on any atom is -0.496 e. The smallest absolute Gasteiger partial charge is 0.159 e. The molecule has 1 unspecified atom stereocenters. The topological polar surface area (TPSA) is 78.8 Å². The molecule has 1 atom stereocenters. The minimum absolute atomic E-state index is 0.0696. The van der Waals surface area contributed by atoms with Crippen molar-refractivity contribution >= 4 is 0 Å². The third-order valence-corrected chi connectivity index (χ3v) is 2.96. The van der Waals surface area contributed by atoms with Gasteiger partial charge in [0.2, 0.25) is 0 Å². The Morgan fingerprint density at radius 2 is 2.22 bits per heavy atom. The lowest BCUT2D eigenvalue weighted by atomic mass is 9.95. The molecule has 6 heteroatoms. The van der Waals surface area contributed by atoms with E-state index < -0.39 is 0 Å². The van der Waals surface area contributed by atoms with Crippen LogP contribution >= 0.6 is 0 Å². The molecule has 0 radical (unpaired) electrons. The Kier molecular flexibility index (Phi) is 3.57. The van der Waals surface area contributed by atoms with Crippen LogP contribution in [0.2, 0.25) is 0 Å². The number of hydrogen-bond acceptors (Lipinski definition) is 5. The highest BCUT2D eigenvalue weighted by molar-refractivity contribution is 5.42. The third kappa shape index (κ3) is 2.19. The Hall–Kier alpha value is -1.95. The Labute approximate surface area is 106 Å². The average Bonchev–Trinajstić information content (AvgIpc) is 2.77.